The van der Waals surface area contributed by atoms with Crippen LogP contribution >= 0.6 is 0 Å². The number of anilines is 1. The number of carbonyl (C=O) groups excluding carboxylic acids is 1. The first kappa shape index (κ1) is 16.4. The van der Waals surface area contributed by atoms with Crippen molar-refractivity contribution in [2.45, 2.75) is 6.92 Å². The van der Waals surface area contributed by atoms with Gasteiger partial charge in [-0.1, -0.05) is 11.6 Å². The predicted octanol–water partition coefficient (Wildman–Crippen LogP) is 2.65. The maximum Gasteiger partial charge on any atom is 0.252 e. The van der Waals surface area contributed by atoms with Crippen LogP contribution in [-0.4, -0.2) is 29.0 Å². The van der Waals surface area contributed by atoms with Crippen molar-refractivity contribution in [1.29, 1.82) is 5.26 Å². The summed E-state index contributed by atoms with van der Waals surface area (Å²) in [6, 6.07) is 13.3. The van der Waals surface area contributed by atoms with Crippen LogP contribution in [0.2, 0.25) is 0 Å². The van der Waals surface area contributed by atoms with Crippen molar-refractivity contribution in [1.82, 2.24) is 15.3 Å². The van der Waals surface area contributed by atoms with Crippen LogP contribution in [-0.2, 0) is 0 Å². The molecule has 0 aliphatic carbocycles. The van der Waals surface area contributed by atoms with Gasteiger partial charge in [0.25, 0.3) is 5.91 Å². The van der Waals surface area contributed by atoms with Crippen LogP contribution in [0.3, 0.4) is 0 Å². The van der Waals surface area contributed by atoms with Gasteiger partial charge in [0.05, 0.1) is 16.6 Å². The van der Waals surface area contributed by atoms with E-state index in [2.05, 4.69) is 26.7 Å². The van der Waals surface area contributed by atoms with Crippen molar-refractivity contribution in [3.05, 3.63) is 65.5 Å². The number of carbonyl (C=O) groups is 1. The van der Waals surface area contributed by atoms with Gasteiger partial charge in [-0.05, 0) is 37.3 Å². The molecule has 3 aromatic rings. The van der Waals surface area contributed by atoms with Gasteiger partial charge in [-0.3, -0.25) is 9.78 Å². The summed E-state index contributed by atoms with van der Waals surface area (Å²) in [5.41, 5.74) is 2.94. The van der Waals surface area contributed by atoms with Crippen molar-refractivity contribution in [3.8, 4) is 6.07 Å². The molecular formula is C19H17N5O. The number of benzene rings is 1. The van der Waals surface area contributed by atoms with Gasteiger partial charge in [-0.2, -0.15) is 5.26 Å². The minimum absolute atomic E-state index is 0.183. The number of amides is 1. The minimum Gasteiger partial charge on any atom is -0.367 e. The SMILES string of the molecule is Cc1ccc2nc(NCCNC(=O)c3cccnc3)c(C#N)cc2c1. The number of aryl methyl sites for hydroxylation is 1. The highest BCUT2D eigenvalue weighted by atomic mass is 16.1. The second kappa shape index (κ2) is 7.41. The molecule has 0 saturated heterocycles. The van der Waals surface area contributed by atoms with Gasteiger partial charge in [-0.25, -0.2) is 4.98 Å². The van der Waals surface area contributed by atoms with E-state index in [9.17, 15) is 10.1 Å². The quantitative estimate of drug-likeness (QED) is 0.701. The largest absolute Gasteiger partial charge is 0.367 e. The van der Waals surface area contributed by atoms with E-state index in [0.717, 1.165) is 16.5 Å². The molecule has 2 aromatic heterocycles. The monoisotopic (exact) mass is 331 g/mol. The summed E-state index contributed by atoms with van der Waals surface area (Å²) < 4.78 is 0. The fourth-order valence-corrected chi connectivity index (χ4v) is 2.47. The molecule has 0 spiro atoms. The number of nitriles is 1. The van der Waals surface area contributed by atoms with E-state index in [1.54, 1.807) is 18.3 Å². The van der Waals surface area contributed by atoms with Gasteiger partial charge >= 0.3 is 0 Å². The molecule has 0 fully saturated rings. The Bertz CT molecular complexity index is 947. The molecule has 1 aromatic carbocycles. The molecule has 0 aliphatic heterocycles. The zero-order chi connectivity index (χ0) is 17.6. The topological polar surface area (TPSA) is 90.7 Å². The molecule has 2 heterocycles. The van der Waals surface area contributed by atoms with Gasteiger partial charge in [-0.15, -0.1) is 0 Å². The molecule has 6 nitrogen and oxygen atoms in total. The lowest BCUT2D eigenvalue weighted by molar-refractivity contribution is 0.0955. The highest BCUT2D eigenvalue weighted by molar-refractivity contribution is 5.93. The number of pyridine rings is 2. The maximum absolute atomic E-state index is 11.9. The Labute approximate surface area is 145 Å². The van der Waals surface area contributed by atoms with Crippen LogP contribution in [0.25, 0.3) is 10.9 Å². The Kier molecular flexibility index (Phi) is 4.86. The first-order valence-electron chi connectivity index (χ1n) is 7.91. The maximum atomic E-state index is 11.9. The van der Waals surface area contributed by atoms with Crippen molar-refractivity contribution >= 4 is 22.6 Å². The Morgan fingerprint density at radius 2 is 2.12 bits per heavy atom. The van der Waals surface area contributed by atoms with E-state index in [-0.39, 0.29) is 5.91 Å². The summed E-state index contributed by atoms with van der Waals surface area (Å²) in [7, 11) is 0. The Morgan fingerprint density at radius 1 is 1.24 bits per heavy atom. The minimum atomic E-state index is -0.183. The number of fused-ring (bicyclic) bond motifs is 1. The van der Waals surface area contributed by atoms with E-state index in [0.29, 0.717) is 30.0 Å². The third kappa shape index (κ3) is 3.90. The number of hydrogen-bond donors (Lipinski definition) is 2. The Balaban J connectivity index is 1.64. The summed E-state index contributed by atoms with van der Waals surface area (Å²) >= 11 is 0. The summed E-state index contributed by atoms with van der Waals surface area (Å²) in [5.74, 6) is 0.340. The van der Waals surface area contributed by atoms with Crippen LogP contribution in [0.4, 0.5) is 5.82 Å². The molecular weight excluding hydrogens is 314 g/mol. The number of hydrogen-bond acceptors (Lipinski definition) is 5. The smallest absolute Gasteiger partial charge is 0.252 e. The van der Waals surface area contributed by atoms with E-state index in [4.69, 9.17) is 0 Å². The van der Waals surface area contributed by atoms with E-state index >= 15 is 0 Å². The molecule has 0 aliphatic rings. The summed E-state index contributed by atoms with van der Waals surface area (Å²) in [6.45, 7) is 2.87. The van der Waals surface area contributed by atoms with Crippen molar-refractivity contribution in [2.24, 2.45) is 0 Å². The lowest BCUT2D eigenvalue weighted by Gasteiger charge is -2.10. The molecule has 0 unspecified atom stereocenters. The molecule has 0 radical (unpaired) electrons. The molecule has 6 heteroatoms. The van der Waals surface area contributed by atoms with Crippen molar-refractivity contribution in [2.75, 3.05) is 18.4 Å². The normalized spacial score (nSPS) is 10.2. The van der Waals surface area contributed by atoms with Crippen LogP contribution < -0.4 is 10.6 Å². The van der Waals surface area contributed by atoms with E-state index in [1.807, 2.05) is 31.2 Å². The number of nitrogens with one attached hydrogen (secondary N) is 2. The zero-order valence-electron chi connectivity index (χ0n) is 13.8. The van der Waals surface area contributed by atoms with Crippen LogP contribution in [0.1, 0.15) is 21.5 Å². The van der Waals surface area contributed by atoms with Gasteiger partial charge in [0, 0.05) is 30.9 Å². The van der Waals surface area contributed by atoms with Crippen LogP contribution in [0.15, 0.2) is 48.8 Å². The lowest BCUT2D eigenvalue weighted by atomic mass is 10.1. The van der Waals surface area contributed by atoms with Gasteiger partial charge in [0.15, 0.2) is 0 Å². The molecule has 0 saturated carbocycles. The standard InChI is InChI=1S/C19H17N5O/c1-13-4-5-17-15(9-13)10-16(11-20)18(24-17)22-7-8-23-19(25)14-3-2-6-21-12-14/h2-6,9-10,12H,7-8H2,1H3,(H,22,24)(H,23,25). The zero-order valence-corrected chi connectivity index (χ0v) is 13.8. The fourth-order valence-electron chi connectivity index (χ4n) is 2.47. The van der Waals surface area contributed by atoms with Gasteiger partial charge < -0.3 is 10.6 Å². The molecule has 3 rings (SSSR count). The highest BCUT2D eigenvalue weighted by Gasteiger charge is 2.08. The number of aromatic nitrogens is 2. The second-order valence-corrected chi connectivity index (χ2v) is 5.62. The average molecular weight is 331 g/mol. The van der Waals surface area contributed by atoms with E-state index < -0.39 is 0 Å². The first-order chi connectivity index (χ1) is 12.2. The lowest BCUT2D eigenvalue weighted by Crippen LogP contribution is -2.29. The third-order valence-electron chi connectivity index (χ3n) is 3.72. The highest BCUT2D eigenvalue weighted by Crippen LogP contribution is 2.20. The molecule has 0 bridgehead atoms. The van der Waals surface area contributed by atoms with Crippen molar-refractivity contribution in [3.63, 3.8) is 0 Å². The van der Waals surface area contributed by atoms with Crippen molar-refractivity contribution < 1.29 is 4.79 Å². The summed E-state index contributed by atoms with van der Waals surface area (Å²) in [6.07, 6.45) is 3.14. The van der Waals surface area contributed by atoms with E-state index in [1.165, 1.54) is 6.20 Å². The summed E-state index contributed by atoms with van der Waals surface area (Å²) in [4.78, 5) is 20.4. The predicted molar refractivity (Wildman–Crippen MR) is 96.3 cm³/mol. The van der Waals surface area contributed by atoms with Crippen LogP contribution in [0.5, 0.6) is 0 Å². The van der Waals surface area contributed by atoms with Gasteiger partial charge in [0.2, 0.25) is 0 Å². The third-order valence-corrected chi connectivity index (χ3v) is 3.72. The van der Waals surface area contributed by atoms with Gasteiger partial charge in [0.1, 0.15) is 11.9 Å². The summed E-state index contributed by atoms with van der Waals surface area (Å²) in [5, 5.41) is 16.2. The molecule has 25 heavy (non-hydrogen) atoms. The average Bonchev–Trinajstić information content (AvgIpc) is 2.65. The first-order valence-corrected chi connectivity index (χ1v) is 7.91. The fraction of sp³-hybridized carbons (Fsp3) is 0.158. The molecule has 2 N–H and O–H groups in total. The Hall–Kier alpha value is -3.46. The van der Waals surface area contributed by atoms with Crippen LogP contribution in [0, 0.1) is 18.3 Å². The number of nitrogens with zero attached hydrogens (tertiary/aromatic N) is 3. The second-order valence-electron chi connectivity index (χ2n) is 5.62. The molecule has 124 valence electrons. The molecule has 1 amide bonds. The molecule has 0 atom stereocenters. The number of rotatable bonds is 5. The Morgan fingerprint density at radius 3 is 2.88 bits per heavy atom.